The summed E-state index contributed by atoms with van der Waals surface area (Å²) < 4.78 is 2.39. The maximum atomic E-state index is 4.56. The molecule has 0 aliphatic heterocycles. The number of anilines is 1. The van der Waals surface area contributed by atoms with Crippen molar-refractivity contribution >= 4 is 16.9 Å². The van der Waals surface area contributed by atoms with Crippen molar-refractivity contribution in [2.45, 2.75) is 51.0 Å². The Labute approximate surface area is 174 Å². The molecule has 2 atom stereocenters. The predicted molar refractivity (Wildman–Crippen MR) is 121 cm³/mol. The molecule has 156 valence electrons. The number of allylic oxidation sites excluding steroid dienone is 1. The molecule has 0 aromatic carbocycles. The number of aromatic nitrogens is 3. The molecule has 2 aliphatic rings. The average molecular weight is 394 g/mol. The Kier molecular flexibility index (Phi) is 6.34. The van der Waals surface area contributed by atoms with E-state index in [1.165, 1.54) is 38.5 Å². The Morgan fingerprint density at radius 3 is 2.86 bits per heavy atom. The van der Waals surface area contributed by atoms with Gasteiger partial charge in [-0.25, -0.2) is 9.97 Å². The fourth-order valence-electron chi connectivity index (χ4n) is 5.34. The molecule has 2 aliphatic carbocycles. The Balaban J connectivity index is 1.21. The number of nitrogens with zero attached hydrogens (tertiary/aromatic N) is 3. The molecule has 5 nitrogen and oxygen atoms in total. The average Bonchev–Trinajstić information content (AvgIpc) is 3.34. The van der Waals surface area contributed by atoms with E-state index in [1.807, 2.05) is 13.1 Å². The largest absolute Gasteiger partial charge is 0.372 e. The molecule has 2 aromatic rings. The molecule has 0 bridgehead atoms. The van der Waals surface area contributed by atoms with E-state index in [9.17, 15) is 0 Å². The molecule has 2 heterocycles. The molecular formula is C24H35N5. The van der Waals surface area contributed by atoms with Crippen LogP contribution in [0.3, 0.4) is 0 Å². The van der Waals surface area contributed by atoms with E-state index in [4.69, 9.17) is 0 Å². The zero-order valence-electron chi connectivity index (χ0n) is 17.7. The van der Waals surface area contributed by atoms with Crippen LogP contribution >= 0.6 is 0 Å². The quantitative estimate of drug-likeness (QED) is 0.443. The third-order valence-electron chi connectivity index (χ3n) is 7.00. The molecule has 0 amide bonds. The zero-order chi connectivity index (χ0) is 20.2. The zero-order valence-corrected chi connectivity index (χ0v) is 17.7. The number of rotatable bonds is 10. The van der Waals surface area contributed by atoms with Gasteiger partial charge in [0.25, 0.3) is 0 Å². The van der Waals surface area contributed by atoms with Gasteiger partial charge < -0.3 is 15.2 Å². The highest BCUT2D eigenvalue weighted by atomic mass is 15.1. The first-order chi connectivity index (χ1) is 14.2. The second kappa shape index (κ2) is 9.12. The van der Waals surface area contributed by atoms with Gasteiger partial charge in [-0.1, -0.05) is 24.8 Å². The molecule has 2 unspecified atom stereocenters. The van der Waals surface area contributed by atoms with Gasteiger partial charge in [-0.05, 0) is 81.9 Å². The van der Waals surface area contributed by atoms with E-state index in [1.54, 1.807) is 6.33 Å². The highest BCUT2D eigenvalue weighted by molar-refractivity contribution is 5.87. The molecule has 4 rings (SSSR count). The Bertz CT molecular complexity index is 848. The summed E-state index contributed by atoms with van der Waals surface area (Å²) >= 11 is 0. The van der Waals surface area contributed by atoms with Crippen LogP contribution in [0.15, 0.2) is 43.4 Å². The second-order valence-electron chi connectivity index (χ2n) is 9.02. The minimum atomic E-state index is 0.590. The lowest BCUT2D eigenvalue weighted by Gasteiger charge is -2.37. The summed E-state index contributed by atoms with van der Waals surface area (Å²) in [5.74, 6) is 3.61. The Morgan fingerprint density at radius 1 is 1.21 bits per heavy atom. The lowest BCUT2D eigenvalue weighted by atomic mass is 9.71. The fraction of sp³-hybridized carbons (Fsp3) is 0.583. The van der Waals surface area contributed by atoms with Crippen molar-refractivity contribution in [3.63, 3.8) is 0 Å². The van der Waals surface area contributed by atoms with E-state index in [0.717, 1.165) is 59.7 Å². The van der Waals surface area contributed by atoms with E-state index >= 15 is 0 Å². The summed E-state index contributed by atoms with van der Waals surface area (Å²) in [4.78, 5) is 8.90. The topological polar surface area (TPSA) is 54.8 Å². The van der Waals surface area contributed by atoms with Crippen molar-refractivity contribution in [1.82, 2.24) is 19.9 Å². The van der Waals surface area contributed by atoms with Gasteiger partial charge in [-0.15, -0.1) is 0 Å². The van der Waals surface area contributed by atoms with Crippen LogP contribution < -0.4 is 10.6 Å². The van der Waals surface area contributed by atoms with E-state index in [-0.39, 0.29) is 0 Å². The van der Waals surface area contributed by atoms with Crippen LogP contribution in [-0.2, 0) is 0 Å². The van der Waals surface area contributed by atoms with Gasteiger partial charge in [0.1, 0.15) is 17.8 Å². The van der Waals surface area contributed by atoms with Crippen molar-refractivity contribution in [2.75, 3.05) is 25.5 Å². The lowest BCUT2D eigenvalue weighted by molar-refractivity contribution is 0.155. The minimum Gasteiger partial charge on any atom is -0.372 e. The standard InChI is InChI=1S/C24H35N5/c1-4-17(2)7-9-26-15-20-12-19(13-20)11-18-5-6-21(14-18)29-10-8-22-23(25-3)27-16-28-24(22)29/h4,8,10,16,18-21,26H,1-2,5-7,9,11-15H2,3H3,(H,25,27,28). The van der Waals surface area contributed by atoms with Gasteiger partial charge in [0, 0.05) is 19.3 Å². The van der Waals surface area contributed by atoms with Crippen molar-refractivity contribution in [3.05, 3.63) is 43.4 Å². The Morgan fingerprint density at radius 2 is 2.07 bits per heavy atom. The van der Waals surface area contributed by atoms with Crippen LogP contribution in [0, 0.1) is 17.8 Å². The highest BCUT2D eigenvalue weighted by Gasteiger charge is 2.34. The lowest BCUT2D eigenvalue weighted by Crippen LogP contribution is -2.34. The van der Waals surface area contributed by atoms with Gasteiger partial charge in [-0.3, -0.25) is 0 Å². The molecule has 0 spiro atoms. The molecule has 2 N–H and O–H groups in total. The van der Waals surface area contributed by atoms with Crippen LogP contribution in [0.5, 0.6) is 0 Å². The van der Waals surface area contributed by atoms with Gasteiger partial charge in [0.15, 0.2) is 0 Å². The van der Waals surface area contributed by atoms with Gasteiger partial charge in [0.05, 0.1) is 5.39 Å². The summed E-state index contributed by atoms with van der Waals surface area (Å²) in [6, 6.07) is 2.75. The van der Waals surface area contributed by atoms with Crippen molar-refractivity contribution < 1.29 is 0 Å². The predicted octanol–water partition coefficient (Wildman–Crippen LogP) is 4.95. The number of fused-ring (bicyclic) bond motifs is 1. The number of hydrogen-bond donors (Lipinski definition) is 2. The molecule has 2 saturated carbocycles. The van der Waals surface area contributed by atoms with Crippen molar-refractivity contribution in [3.8, 4) is 0 Å². The summed E-state index contributed by atoms with van der Waals surface area (Å²) in [5.41, 5.74) is 2.20. The molecule has 5 heteroatoms. The minimum absolute atomic E-state index is 0.590. The molecule has 2 fully saturated rings. The third kappa shape index (κ3) is 4.55. The van der Waals surface area contributed by atoms with E-state index < -0.39 is 0 Å². The first kappa shape index (κ1) is 20.1. The van der Waals surface area contributed by atoms with Crippen LogP contribution in [-0.4, -0.2) is 34.7 Å². The van der Waals surface area contributed by atoms with Gasteiger partial charge in [-0.2, -0.15) is 0 Å². The maximum absolute atomic E-state index is 4.56. The summed E-state index contributed by atoms with van der Waals surface area (Å²) in [6.45, 7) is 9.93. The molecule has 0 radical (unpaired) electrons. The van der Waals surface area contributed by atoms with Crippen molar-refractivity contribution in [2.24, 2.45) is 17.8 Å². The van der Waals surface area contributed by atoms with Crippen LogP contribution in [0.1, 0.15) is 51.0 Å². The van der Waals surface area contributed by atoms with Crippen LogP contribution in [0.25, 0.3) is 11.0 Å². The number of nitrogens with one attached hydrogen (secondary N) is 2. The monoisotopic (exact) mass is 393 g/mol. The van der Waals surface area contributed by atoms with Crippen LogP contribution in [0.2, 0.25) is 0 Å². The Hall–Kier alpha value is -2.14. The van der Waals surface area contributed by atoms with E-state index in [0.29, 0.717) is 6.04 Å². The van der Waals surface area contributed by atoms with E-state index in [2.05, 4.69) is 50.6 Å². The molecule has 0 saturated heterocycles. The highest BCUT2D eigenvalue weighted by Crippen LogP contribution is 2.44. The SMILES string of the molecule is C=CC(=C)CCNCC1CC(CC2CCC(n3ccc4c(NC)ncnc43)C2)C1. The summed E-state index contributed by atoms with van der Waals surface area (Å²) in [6.07, 6.45) is 14.9. The smallest absolute Gasteiger partial charge is 0.145 e. The second-order valence-corrected chi connectivity index (χ2v) is 9.02. The first-order valence-electron chi connectivity index (χ1n) is 11.2. The summed E-state index contributed by atoms with van der Waals surface area (Å²) in [7, 11) is 1.92. The maximum Gasteiger partial charge on any atom is 0.145 e. The third-order valence-corrected chi connectivity index (χ3v) is 7.00. The van der Waals surface area contributed by atoms with Gasteiger partial charge >= 0.3 is 0 Å². The fourth-order valence-corrected chi connectivity index (χ4v) is 5.34. The van der Waals surface area contributed by atoms with Gasteiger partial charge in [0.2, 0.25) is 0 Å². The molecule has 2 aromatic heterocycles. The van der Waals surface area contributed by atoms with Crippen molar-refractivity contribution in [1.29, 1.82) is 0 Å². The first-order valence-corrected chi connectivity index (χ1v) is 11.2. The number of hydrogen-bond acceptors (Lipinski definition) is 4. The molecular weight excluding hydrogens is 358 g/mol. The summed E-state index contributed by atoms with van der Waals surface area (Å²) in [5, 5.41) is 7.90. The van der Waals surface area contributed by atoms with Crippen LogP contribution in [0.4, 0.5) is 5.82 Å². The normalized spacial score (nSPS) is 26.4. The molecule has 29 heavy (non-hydrogen) atoms.